The maximum absolute atomic E-state index is 9.78. The molecule has 0 aromatic carbocycles. The van der Waals surface area contributed by atoms with Crippen molar-refractivity contribution in [3.63, 3.8) is 0 Å². The highest BCUT2D eigenvalue weighted by Gasteiger charge is 1.97. The van der Waals surface area contributed by atoms with E-state index >= 15 is 0 Å². The predicted octanol–water partition coefficient (Wildman–Crippen LogP) is 1.29. The van der Waals surface area contributed by atoms with Gasteiger partial charge in [0.15, 0.2) is 0 Å². The lowest BCUT2D eigenvalue weighted by Crippen LogP contribution is -2.02. The summed E-state index contributed by atoms with van der Waals surface area (Å²) < 4.78 is 0. The summed E-state index contributed by atoms with van der Waals surface area (Å²) in [5, 5.41) is 9.11. The molecule has 0 aliphatic carbocycles. The summed E-state index contributed by atoms with van der Waals surface area (Å²) in [4.78, 5) is 9.78. The number of aldehydes is 1. The van der Waals surface area contributed by atoms with E-state index in [1.165, 1.54) is 6.08 Å². The molecule has 0 saturated carbocycles. The Balaban J connectivity index is 3.28. The average molecular weight is 142 g/mol. The highest BCUT2D eigenvalue weighted by Crippen LogP contribution is 2.00. The van der Waals surface area contributed by atoms with Crippen LogP contribution in [0, 0.1) is 0 Å². The van der Waals surface area contributed by atoms with Crippen LogP contribution in [0.4, 0.5) is 0 Å². The minimum absolute atomic E-state index is 0.277. The van der Waals surface area contributed by atoms with Gasteiger partial charge in [-0.3, -0.25) is 4.79 Å². The molecular formula is C8H14O2. The van der Waals surface area contributed by atoms with Crippen molar-refractivity contribution in [3.8, 4) is 0 Å². The number of rotatable bonds is 5. The van der Waals surface area contributed by atoms with Crippen LogP contribution in [0.15, 0.2) is 12.2 Å². The van der Waals surface area contributed by atoms with Crippen LogP contribution >= 0.6 is 0 Å². The maximum atomic E-state index is 9.78. The molecule has 0 rings (SSSR count). The van der Waals surface area contributed by atoms with Crippen LogP contribution in [0.25, 0.3) is 0 Å². The molecule has 58 valence electrons. The van der Waals surface area contributed by atoms with Gasteiger partial charge >= 0.3 is 0 Å². The van der Waals surface area contributed by atoms with Crippen molar-refractivity contribution in [2.45, 2.75) is 32.3 Å². The van der Waals surface area contributed by atoms with Crippen molar-refractivity contribution in [1.29, 1.82) is 0 Å². The largest absolute Gasteiger partial charge is 0.393 e. The number of allylic oxidation sites excluding steroid dienone is 1. The van der Waals surface area contributed by atoms with Crippen LogP contribution in [-0.2, 0) is 4.79 Å². The van der Waals surface area contributed by atoms with E-state index in [2.05, 4.69) is 0 Å². The van der Waals surface area contributed by atoms with Gasteiger partial charge in [-0.1, -0.05) is 19.4 Å². The van der Waals surface area contributed by atoms with Crippen LogP contribution in [0.3, 0.4) is 0 Å². The minimum atomic E-state index is -0.277. The van der Waals surface area contributed by atoms with Crippen LogP contribution in [0.5, 0.6) is 0 Å². The lowest BCUT2D eigenvalue weighted by molar-refractivity contribution is -0.104. The molecule has 0 spiro atoms. The molecule has 1 unspecified atom stereocenters. The standard InChI is InChI=1S/C8H14O2/c1-2-5-8(10)6-3-4-7-9/h3-4,7-8,10H,2,5-6H2,1H3/b4-3+. The summed E-state index contributed by atoms with van der Waals surface area (Å²) in [6.45, 7) is 2.02. The van der Waals surface area contributed by atoms with Gasteiger partial charge in [-0.15, -0.1) is 0 Å². The minimum Gasteiger partial charge on any atom is -0.393 e. The van der Waals surface area contributed by atoms with Crippen molar-refractivity contribution in [3.05, 3.63) is 12.2 Å². The van der Waals surface area contributed by atoms with E-state index in [0.717, 1.165) is 19.1 Å². The molecule has 0 amide bonds. The van der Waals surface area contributed by atoms with Gasteiger partial charge in [-0.2, -0.15) is 0 Å². The molecular weight excluding hydrogens is 128 g/mol. The third kappa shape index (κ3) is 5.51. The van der Waals surface area contributed by atoms with E-state index in [1.54, 1.807) is 6.08 Å². The monoisotopic (exact) mass is 142 g/mol. The molecule has 0 aliphatic heterocycles. The summed E-state index contributed by atoms with van der Waals surface area (Å²) in [7, 11) is 0. The molecule has 0 heterocycles. The third-order valence-electron chi connectivity index (χ3n) is 1.24. The Morgan fingerprint density at radius 3 is 2.80 bits per heavy atom. The van der Waals surface area contributed by atoms with Gasteiger partial charge in [-0.05, 0) is 18.9 Å². The first-order valence-corrected chi connectivity index (χ1v) is 3.59. The molecule has 0 saturated heterocycles. The topological polar surface area (TPSA) is 37.3 Å². The predicted molar refractivity (Wildman–Crippen MR) is 40.7 cm³/mol. The molecule has 1 atom stereocenters. The summed E-state index contributed by atoms with van der Waals surface area (Å²) in [5.74, 6) is 0. The molecule has 0 radical (unpaired) electrons. The number of carbonyl (C=O) groups excluding carboxylic acids is 1. The number of hydrogen-bond acceptors (Lipinski definition) is 2. The number of aliphatic hydroxyl groups excluding tert-OH is 1. The van der Waals surface area contributed by atoms with E-state index in [1.807, 2.05) is 6.92 Å². The quantitative estimate of drug-likeness (QED) is 0.464. The molecule has 2 nitrogen and oxygen atoms in total. The van der Waals surface area contributed by atoms with Gasteiger partial charge in [0.05, 0.1) is 6.10 Å². The molecule has 0 bridgehead atoms. The summed E-state index contributed by atoms with van der Waals surface area (Å²) in [6, 6.07) is 0. The van der Waals surface area contributed by atoms with Gasteiger partial charge in [0.2, 0.25) is 0 Å². The van der Waals surface area contributed by atoms with Crippen LogP contribution in [-0.4, -0.2) is 17.5 Å². The Hall–Kier alpha value is -0.630. The van der Waals surface area contributed by atoms with Gasteiger partial charge in [-0.25, -0.2) is 0 Å². The highest BCUT2D eigenvalue weighted by molar-refractivity contribution is 5.64. The Labute approximate surface area is 61.6 Å². The van der Waals surface area contributed by atoms with E-state index in [4.69, 9.17) is 5.11 Å². The van der Waals surface area contributed by atoms with Crippen molar-refractivity contribution in [1.82, 2.24) is 0 Å². The van der Waals surface area contributed by atoms with Gasteiger partial charge in [0.25, 0.3) is 0 Å². The van der Waals surface area contributed by atoms with E-state index in [-0.39, 0.29) is 6.10 Å². The van der Waals surface area contributed by atoms with Crippen LogP contribution in [0.1, 0.15) is 26.2 Å². The summed E-state index contributed by atoms with van der Waals surface area (Å²) >= 11 is 0. The van der Waals surface area contributed by atoms with E-state index in [0.29, 0.717) is 6.42 Å². The van der Waals surface area contributed by atoms with Crippen molar-refractivity contribution in [2.75, 3.05) is 0 Å². The second-order valence-corrected chi connectivity index (χ2v) is 2.24. The average Bonchev–Trinajstić information content (AvgIpc) is 1.89. The molecule has 0 aliphatic rings. The normalized spacial score (nSPS) is 13.8. The second kappa shape index (κ2) is 6.49. The zero-order valence-corrected chi connectivity index (χ0v) is 6.29. The molecule has 0 aromatic heterocycles. The smallest absolute Gasteiger partial charge is 0.142 e. The zero-order chi connectivity index (χ0) is 7.82. The van der Waals surface area contributed by atoms with Crippen molar-refractivity contribution >= 4 is 6.29 Å². The highest BCUT2D eigenvalue weighted by atomic mass is 16.3. The Kier molecular flexibility index (Phi) is 6.08. The fourth-order valence-corrected chi connectivity index (χ4v) is 0.742. The Bertz CT molecular complexity index is 108. The molecule has 0 aromatic rings. The van der Waals surface area contributed by atoms with Crippen molar-refractivity contribution < 1.29 is 9.90 Å². The Morgan fingerprint density at radius 2 is 2.30 bits per heavy atom. The lowest BCUT2D eigenvalue weighted by Gasteiger charge is -2.03. The SMILES string of the molecule is CCCC(O)C/C=C/C=O. The van der Waals surface area contributed by atoms with Crippen LogP contribution in [0.2, 0.25) is 0 Å². The van der Waals surface area contributed by atoms with Crippen LogP contribution < -0.4 is 0 Å². The number of carbonyl (C=O) groups is 1. The number of hydrogen-bond donors (Lipinski definition) is 1. The summed E-state index contributed by atoms with van der Waals surface area (Å²) in [5.41, 5.74) is 0. The first-order chi connectivity index (χ1) is 4.81. The Morgan fingerprint density at radius 1 is 1.60 bits per heavy atom. The second-order valence-electron chi connectivity index (χ2n) is 2.24. The molecule has 0 fully saturated rings. The fourth-order valence-electron chi connectivity index (χ4n) is 0.742. The first-order valence-electron chi connectivity index (χ1n) is 3.59. The number of aliphatic hydroxyl groups is 1. The van der Waals surface area contributed by atoms with Crippen molar-refractivity contribution in [2.24, 2.45) is 0 Å². The van der Waals surface area contributed by atoms with E-state index in [9.17, 15) is 4.79 Å². The lowest BCUT2D eigenvalue weighted by atomic mass is 10.1. The fraction of sp³-hybridized carbons (Fsp3) is 0.625. The summed E-state index contributed by atoms with van der Waals surface area (Å²) in [6.07, 6.45) is 5.93. The maximum Gasteiger partial charge on any atom is 0.142 e. The third-order valence-corrected chi connectivity index (χ3v) is 1.24. The van der Waals surface area contributed by atoms with Gasteiger partial charge in [0, 0.05) is 0 Å². The molecule has 2 heteroatoms. The molecule has 10 heavy (non-hydrogen) atoms. The van der Waals surface area contributed by atoms with Gasteiger partial charge in [0.1, 0.15) is 6.29 Å². The first kappa shape index (κ1) is 9.37. The van der Waals surface area contributed by atoms with Gasteiger partial charge < -0.3 is 5.11 Å². The molecule has 1 N–H and O–H groups in total. The zero-order valence-electron chi connectivity index (χ0n) is 6.29. The van der Waals surface area contributed by atoms with E-state index < -0.39 is 0 Å².